The van der Waals surface area contributed by atoms with Crippen molar-refractivity contribution in [2.24, 2.45) is 5.73 Å². The fraction of sp³-hybridized carbons (Fsp3) is 0.235. The summed E-state index contributed by atoms with van der Waals surface area (Å²) in [7, 11) is 1.56. The van der Waals surface area contributed by atoms with Crippen LogP contribution >= 0.6 is 0 Å². The first-order valence-electron chi connectivity index (χ1n) is 7.11. The average molecular weight is 320 g/mol. The molecule has 0 aliphatic heterocycles. The zero-order valence-electron chi connectivity index (χ0n) is 12.8. The summed E-state index contributed by atoms with van der Waals surface area (Å²) in [6.07, 6.45) is 0.114. The molecule has 2 aromatic carbocycles. The van der Waals surface area contributed by atoms with Crippen molar-refractivity contribution >= 4 is 11.6 Å². The number of hydrogen-bond donors (Lipinski definition) is 1. The third-order valence-electron chi connectivity index (χ3n) is 3.46. The van der Waals surface area contributed by atoms with E-state index in [-0.39, 0.29) is 18.5 Å². The molecule has 0 unspecified atom stereocenters. The first-order chi connectivity index (χ1) is 11.0. The Morgan fingerprint density at radius 1 is 1.17 bits per heavy atom. The summed E-state index contributed by atoms with van der Waals surface area (Å²) in [5.74, 6) is -1.55. The molecule has 23 heavy (non-hydrogen) atoms. The van der Waals surface area contributed by atoms with Gasteiger partial charge in [-0.1, -0.05) is 12.1 Å². The van der Waals surface area contributed by atoms with E-state index in [0.717, 1.165) is 11.8 Å². The van der Waals surface area contributed by atoms with Gasteiger partial charge >= 0.3 is 0 Å². The van der Waals surface area contributed by atoms with Gasteiger partial charge < -0.3 is 15.4 Å². The van der Waals surface area contributed by atoms with Crippen molar-refractivity contribution in [1.29, 1.82) is 0 Å². The van der Waals surface area contributed by atoms with Gasteiger partial charge in [-0.15, -0.1) is 0 Å². The third kappa shape index (κ3) is 4.42. The van der Waals surface area contributed by atoms with Gasteiger partial charge in [0, 0.05) is 30.8 Å². The van der Waals surface area contributed by atoms with Crippen molar-refractivity contribution in [1.82, 2.24) is 0 Å². The molecule has 2 rings (SSSR count). The minimum absolute atomic E-state index is 0.114. The van der Waals surface area contributed by atoms with Crippen LogP contribution in [0.3, 0.4) is 0 Å². The van der Waals surface area contributed by atoms with E-state index >= 15 is 0 Å². The van der Waals surface area contributed by atoms with E-state index in [9.17, 15) is 13.6 Å². The number of benzene rings is 2. The number of halogens is 2. The third-order valence-corrected chi connectivity index (χ3v) is 3.46. The van der Waals surface area contributed by atoms with Crippen LogP contribution in [-0.2, 0) is 11.3 Å². The molecule has 122 valence electrons. The standard InChI is InChI=1S/C17H18F2N2O2/c1-23-14-7-5-13(6-8-14)21(10-9-16(20)22)11-12-3-2-4-15(18)17(12)19/h2-8H,9-11H2,1H3,(H2,20,22). The number of carbonyl (C=O) groups is 1. The van der Waals surface area contributed by atoms with Crippen molar-refractivity contribution in [3.8, 4) is 5.75 Å². The number of nitrogens with two attached hydrogens (primary N) is 1. The summed E-state index contributed by atoms with van der Waals surface area (Å²) >= 11 is 0. The molecule has 0 bridgehead atoms. The lowest BCUT2D eigenvalue weighted by Crippen LogP contribution is -2.28. The Hall–Kier alpha value is -2.63. The van der Waals surface area contributed by atoms with Gasteiger partial charge in [0.1, 0.15) is 5.75 Å². The van der Waals surface area contributed by atoms with E-state index in [2.05, 4.69) is 0 Å². The number of amides is 1. The van der Waals surface area contributed by atoms with Gasteiger partial charge in [-0.3, -0.25) is 4.79 Å². The molecule has 0 spiro atoms. The fourth-order valence-electron chi connectivity index (χ4n) is 2.21. The van der Waals surface area contributed by atoms with Crippen LogP contribution in [0.25, 0.3) is 0 Å². The molecule has 1 amide bonds. The molecular formula is C17H18F2N2O2. The van der Waals surface area contributed by atoms with E-state index in [1.165, 1.54) is 12.1 Å². The lowest BCUT2D eigenvalue weighted by molar-refractivity contribution is -0.117. The maximum absolute atomic E-state index is 13.9. The normalized spacial score (nSPS) is 10.4. The zero-order valence-corrected chi connectivity index (χ0v) is 12.8. The Kier molecular flexibility index (Phi) is 5.51. The van der Waals surface area contributed by atoms with Gasteiger partial charge in [0.2, 0.25) is 5.91 Å². The summed E-state index contributed by atoms with van der Waals surface area (Å²) in [6.45, 7) is 0.431. The average Bonchev–Trinajstić information content (AvgIpc) is 2.55. The van der Waals surface area contributed by atoms with E-state index in [1.807, 2.05) is 0 Å². The predicted octanol–water partition coefficient (Wildman–Crippen LogP) is 2.86. The fourth-order valence-corrected chi connectivity index (χ4v) is 2.21. The van der Waals surface area contributed by atoms with Crippen molar-refractivity contribution in [2.75, 3.05) is 18.6 Å². The summed E-state index contributed by atoms with van der Waals surface area (Å²) in [4.78, 5) is 12.8. The maximum Gasteiger partial charge on any atom is 0.219 e. The first-order valence-corrected chi connectivity index (χ1v) is 7.11. The predicted molar refractivity (Wildman–Crippen MR) is 84.2 cm³/mol. The number of ether oxygens (including phenoxy) is 1. The quantitative estimate of drug-likeness (QED) is 0.853. The van der Waals surface area contributed by atoms with Crippen LogP contribution in [0.5, 0.6) is 5.75 Å². The smallest absolute Gasteiger partial charge is 0.219 e. The second-order valence-electron chi connectivity index (χ2n) is 5.05. The Labute approximate surface area is 133 Å². The molecule has 0 atom stereocenters. The van der Waals surface area contributed by atoms with Gasteiger partial charge in [-0.25, -0.2) is 8.78 Å². The molecule has 0 saturated heterocycles. The van der Waals surface area contributed by atoms with Gasteiger partial charge in [0.15, 0.2) is 11.6 Å². The molecule has 0 saturated carbocycles. The number of methoxy groups -OCH3 is 1. The largest absolute Gasteiger partial charge is 0.497 e. The van der Waals surface area contributed by atoms with Crippen LogP contribution in [-0.4, -0.2) is 19.6 Å². The number of anilines is 1. The maximum atomic E-state index is 13.9. The molecule has 0 radical (unpaired) electrons. The van der Waals surface area contributed by atoms with E-state index in [0.29, 0.717) is 12.3 Å². The molecule has 2 aromatic rings. The van der Waals surface area contributed by atoms with Crippen molar-refractivity contribution < 1.29 is 18.3 Å². The van der Waals surface area contributed by atoms with Crippen molar-refractivity contribution in [3.63, 3.8) is 0 Å². The van der Waals surface area contributed by atoms with E-state index < -0.39 is 17.5 Å². The summed E-state index contributed by atoms with van der Waals surface area (Å²) in [5.41, 5.74) is 6.17. The summed E-state index contributed by atoms with van der Waals surface area (Å²) in [5, 5.41) is 0. The van der Waals surface area contributed by atoms with Crippen LogP contribution in [0.4, 0.5) is 14.5 Å². The molecule has 6 heteroatoms. The highest BCUT2D eigenvalue weighted by Crippen LogP contribution is 2.23. The highest BCUT2D eigenvalue weighted by molar-refractivity contribution is 5.74. The SMILES string of the molecule is COc1ccc(N(CCC(N)=O)Cc2cccc(F)c2F)cc1. The molecule has 4 nitrogen and oxygen atoms in total. The lowest BCUT2D eigenvalue weighted by Gasteiger charge is -2.25. The Balaban J connectivity index is 2.25. The van der Waals surface area contributed by atoms with Crippen LogP contribution in [0.15, 0.2) is 42.5 Å². The molecule has 0 heterocycles. The lowest BCUT2D eigenvalue weighted by atomic mass is 10.1. The van der Waals surface area contributed by atoms with Gasteiger partial charge in [-0.2, -0.15) is 0 Å². The van der Waals surface area contributed by atoms with Crippen LogP contribution < -0.4 is 15.4 Å². The number of primary amides is 1. The second kappa shape index (κ2) is 7.58. The first kappa shape index (κ1) is 16.7. The monoisotopic (exact) mass is 320 g/mol. The topological polar surface area (TPSA) is 55.6 Å². The summed E-state index contributed by atoms with van der Waals surface area (Å²) < 4.78 is 32.3. The minimum atomic E-state index is -0.896. The minimum Gasteiger partial charge on any atom is -0.497 e. The Bertz CT molecular complexity index is 675. The number of rotatable bonds is 7. The van der Waals surface area contributed by atoms with E-state index in [4.69, 9.17) is 10.5 Å². The Morgan fingerprint density at radius 2 is 1.87 bits per heavy atom. The van der Waals surface area contributed by atoms with Crippen molar-refractivity contribution in [3.05, 3.63) is 59.7 Å². The molecule has 0 aliphatic carbocycles. The molecule has 0 aliphatic rings. The van der Waals surface area contributed by atoms with Gasteiger partial charge in [0.05, 0.1) is 7.11 Å². The number of hydrogen-bond acceptors (Lipinski definition) is 3. The van der Waals surface area contributed by atoms with Gasteiger partial charge in [0.25, 0.3) is 0 Å². The van der Waals surface area contributed by atoms with Crippen LogP contribution in [0.2, 0.25) is 0 Å². The van der Waals surface area contributed by atoms with Gasteiger partial charge in [-0.05, 0) is 30.3 Å². The highest BCUT2D eigenvalue weighted by atomic mass is 19.2. The van der Waals surface area contributed by atoms with E-state index in [1.54, 1.807) is 36.3 Å². The number of carbonyl (C=O) groups excluding carboxylic acids is 1. The van der Waals surface area contributed by atoms with Crippen LogP contribution in [0.1, 0.15) is 12.0 Å². The molecule has 0 fully saturated rings. The van der Waals surface area contributed by atoms with Crippen LogP contribution in [0, 0.1) is 11.6 Å². The highest BCUT2D eigenvalue weighted by Gasteiger charge is 2.14. The van der Waals surface area contributed by atoms with Crippen molar-refractivity contribution in [2.45, 2.75) is 13.0 Å². The second-order valence-corrected chi connectivity index (χ2v) is 5.05. The Morgan fingerprint density at radius 3 is 2.48 bits per heavy atom. The zero-order chi connectivity index (χ0) is 16.8. The molecular weight excluding hydrogens is 302 g/mol. The molecule has 2 N–H and O–H groups in total. The number of nitrogens with zero attached hydrogens (tertiary/aromatic N) is 1. The summed E-state index contributed by atoms with van der Waals surface area (Å²) in [6, 6.07) is 11.1. The molecule has 0 aromatic heterocycles.